The molecular formula is C46H40N2O. The monoisotopic (exact) mass is 636 g/mol. The standard InChI is InChI=1S/C46H40N2O/c1-45(2,3)30-21-25-40-37(27-30)38-28-31(46(4,5)6)22-26-41(38)47(40)33-23-19-29(20-24-33)34-16-12-17-36-42-35-15-10-11-18-39(35)48(44(42)49-43(34)36)32-13-8-7-9-14-32/h7-28H,1-6H3. The van der Waals surface area contributed by atoms with Crippen LogP contribution in [0.1, 0.15) is 52.7 Å². The number of rotatable bonds is 3. The number of aromatic nitrogens is 2. The minimum absolute atomic E-state index is 0.0686. The Bertz CT molecular complexity index is 2630. The third-order valence-corrected chi connectivity index (χ3v) is 10.3. The van der Waals surface area contributed by atoms with Crippen molar-refractivity contribution in [3.63, 3.8) is 0 Å². The van der Waals surface area contributed by atoms with E-state index in [1.54, 1.807) is 0 Å². The van der Waals surface area contributed by atoms with Gasteiger partial charge < -0.3 is 8.98 Å². The lowest BCUT2D eigenvalue weighted by atomic mass is 9.85. The van der Waals surface area contributed by atoms with E-state index in [1.807, 2.05) is 0 Å². The molecular weight excluding hydrogens is 597 g/mol. The smallest absolute Gasteiger partial charge is 0.213 e. The Kier molecular flexibility index (Phi) is 6.33. The minimum Gasteiger partial charge on any atom is -0.438 e. The fourth-order valence-corrected chi connectivity index (χ4v) is 7.60. The first-order valence-corrected chi connectivity index (χ1v) is 17.3. The number of hydrogen-bond acceptors (Lipinski definition) is 1. The Morgan fingerprint density at radius 1 is 0.449 bits per heavy atom. The summed E-state index contributed by atoms with van der Waals surface area (Å²) in [5.74, 6) is 0. The van der Waals surface area contributed by atoms with Crippen LogP contribution in [0.3, 0.4) is 0 Å². The summed E-state index contributed by atoms with van der Waals surface area (Å²) in [6.07, 6.45) is 0. The second-order valence-electron chi connectivity index (χ2n) is 15.5. The second-order valence-corrected chi connectivity index (χ2v) is 15.5. The summed E-state index contributed by atoms with van der Waals surface area (Å²) < 4.78 is 11.5. The second kappa shape index (κ2) is 10.5. The Hall–Kier alpha value is -5.54. The predicted octanol–water partition coefficient (Wildman–Crippen LogP) is 12.9. The molecule has 0 saturated heterocycles. The summed E-state index contributed by atoms with van der Waals surface area (Å²) in [7, 11) is 0. The first-order chi connectivity index (χ1) is 23.6. The molecule has 0 unspecified atom stereocenters. The van der Waals surface area contributed by atoms with Gasteiger partial charge >= 0.3 is 0 Å². The molecule has 3 nitrogen and oxygen atoms in total. The summed E-state index contributed by atoms with van der Waals surface area (Å²) in [5, 5.41) is 6.09. The molecule has 3 aromatic heterocycles. The number of hydrogen-bond donors (Lipinski definition) is 0. The van der Waals surface area contributed by atoms with E-state index < -0.39 is 0 Å². The van der Waals surface area contributed by atoms with E-state index >= 15 is 0 Å². The van der Waals surface area contributed by atoms with Crippen LogP contribution in [0, 0.1) is 0 Å². The summed E-state index contributed by atoms with van der Waals surface area (Å²) in [5.41, 5.74) is 12.7. The molecule has 6 aromatic carbocycles. The molecule has 0 spiro atoms. The van der Waals surface area contributed by atoms with Crippen molar-refractivity contribution in [1.29, 1.82) is 0 Å². The summed E-state index contributed by atoms with van der Waals surface area (Å²) in [4.78, 5) is 0. The fraction of sp³-hybridized carbons (Fsp3) is 0.174. The third-order valence-electron chi connectivity index (χ3n) is 10.3. The van der Waals surface area contributed by atoms with Crippen LogP contribution < -0.4 is 0 Å². The Morgan fingerprint density at radius 2 is 1.00 bits per heavy atom. The van der Waals surface area contributed by atoms with Crippen LogP contribution in [-0.2, 0) is 10.8 Å². The zero-order chi connectivity index (χ0) is 33.7. The van der Waals surface area contributed by atoms with Crippen LogP contribution in [0.25, 0.3) is 77.3 Å². The minimum atomic E-state index is 0.0686. The highest BCUT2D eigenvalue weighted by Crippen LogP contribution is 2.43. The van der Waals surface area contributed by atoms with Gasteiger partial charge in [0.05, 0.1) is 21.9 Å². The molecule has 0 fully saturated rings. The lowest BCUT2D eigenvalue weighted by Crippen LogP contribution is -2.10. The quantitative estimate of drug-likeness (QED) is 0.189. The molecule has 9 rings (SSSR count). The van der Waals surface area contributed by atoms with Gasteiger partial charge in [0.25, 0.3) is 0 Å². The maximum Gasteiger partial charge on any atom is 0.213 e. The molecule has 0 atom stereocenters. The zero-order valence-electron chi connectivity index (χ0n) is 29.0. The SMILES string of the molecule is CC(C)(C)c1ccc2c(c1)c1cc(C(C)(C)C)ccc1n2-c1ccc(-c2cccc3c2oc2c3c3ccccc3n2-c2ccccc2)cc1. The molecule has 0 aliphatic heterocycles. The van der Waals surface area contributed by atoms with Crippen molar-refractivity contribution in [3.8, 4) is 22.5 Å². The van der Waals surface area contributed by atoms with Crippen LogP contribution >= 0.6 is 0 Å². The van der Waals surface area contributed by atoms with E-state index in [1.165, 1.54) is 38.3 Å². The lowest BCUT2D eigenvalue weighted by molar-refractivity contribution is 0.590. The van der Waals surface area contributed by atoms with Crippen LogP contribution in [0.4, 0.5) is 0 Å². The first kappa shape index (κ1) is 29.6. The molecule has 0 bridgehead atoms. The molecule has 0 amide bonds. The molecule has 49 heavy (non-hydrogen) atoms. The van der Waals surface area contributed by atoms with Crippen molar-refractivity contribution in [2.75, 3.05) is 0 Å². The van der Waals surface area contributed by atoms with E-state index in [0.29, 0.717) is 0 Å². The fourth-order valence-electron chi connectivity index (χ4n) is 7.60. The number of furan rings is 1. The molecule has 3 heteroatoms. The molecule has 0 aliphatic rings. The molecule has 0 radical (unpaired) electrons. The van der Waals surface area contributed by atoms with Gasteiger partial charge in [-0.1, -0.05) is 120 Å². The van der Waals surface area contributed by atoms with Gasteiger partial charge in [-0.15, -0.1) is 0 Å². The predicted molar refractivity (Wildman–Crippen MR) is 208 cm³/mol. The van der Waals surface area contributed by atoms with Gasteiger partial charge in [0, 0.05) is 38.5 Å². The van der Waals surface area contributed by atoms with Crippen molar-refractivity contribution in [3.05, 3.63) is 145 Å². The highest BCUT2D eigenvalue weighted by molar-refractivity contribution is 6.21. The zero-order valence-corrected chi connectivity index (χ0v) is 29.0. The van der Waals surface area contributed by atoms with Crippen molar-refractivity contribution in [1.82, 2.24) is 9.13 Å². The highest BCUT2D eigenvalue weighted by Gasteiger charge is 2.23. The molecule has 9 aromatic rings. The first-order valence-electron chi connectivity index (χ1n) is 17.3. The van der Waals surface area contributed by atoms with Crippen LogP contribution in [0.15, 0.2) is 138 Å². The maximum absolute atomic E-state index is 6.86. The highest BCUT2D eigenvalue weighted by atomic mass is 16.3. The molecule has 240 valence electrons. The number of fused-ring (bicyclic) bond motifs is 8. The number of para-hydroxylation sites is 3. The van der Waals surface area contributed by atoms with Gasteiger partial charge in [-0.25, -0.2) is 0 Å². The summed E-state index contributed by atoms with van der Waals surface area (Å²) >= 11 is 0. The van der Waals surface area contributed by atoms with Crippen molar-refractivity contribution in [2.24, 2.45) is 0 Å². The number of nitrogens with zero attached hydrogens (tertiary/aromatic N) is 2. The number of benzene rings is 6. The van der Waals surface area contributed by atoms with Gasteiger partial charge in [0.15, 0.2) is 0 Å². The Morgan fingerprint density at radius 3 is 1.63 bits per heavy atom. The maximum atomic E-state index is 6.86. The van der Waals surface area contributed by atoms with Gasteiger partial charge in [0.2, 0.25) is 5.71 Å². The lowest BCUT2D eigenvalue weighted by Gasteiger charge is -2.19. The molecule has 0 saturated carbocycles. The third kappa shape index (κ3) is 4.56. The Balaban J connectivity index is 1.22. The molecule has 0 N–H and O–H groups in total. The van der Waals surface area contributed by atoms with E-state index in [-0.39, 0.29) is 10.8 Å². The van der Waals surface area contributed by atoms with Gasteiger partial charge in [-0.3, -0.25) is 4.57 Å². The van der Waals surface area contributed by atoms with Gasteiger partial charge in [-0.2, -0.15) is 0 Å². The van der Waals surface area contributed by atoms with Crippen molar-refractivity contribution < 1.29 is 4.42 Å². The largest absolute Gasteiger partial charge is 0.438 e. The molecule has 0 aliphatic carbocycles. The van der Waals surface area contributed by atoms with Gasteiger partial charge in [0.1, 0.15) is 5.58 Å². The normalized spacial score (nSPS) is 12.7. The average molecular weight is 637 g/mol. The van der Waals surface area contributed by atoms with Crippen molar-refractivity contribution >= 4 is 54.8 Å². The summed E-state index contributed by atoms with van der Waals surface area (Å²) in [6.45, 7) is 13.7. The van der Waals surface area contributed by atoms with E-state index in [9.17, 15) is 0 Å². The van der Waals surface area contributed by atoms with E-state index in [4.69, 9.17) is 4.42 Å². The van der Waals surface area contributed by atoms with Crippen LogP contribution in [0.2, 0.25) is 0 Å². The van der Waals surface area contributed by atoms with Crippen LogP contribution in [-0.4, -0.2) is 9.13 Å². The van der Waals surface area contributed by atoms with Gasteiger partial charge in [-0.05, 0) is 82.1 Å². The van der Waals surface area contributed by atoms with Crippen molar-refractivity contribution in [2.45, 2.75) is 52.4 Å². The van der Waals surface area contributed by atoms with Crippen LogP contribution in [0.5, 0.6) is 0 Å². The topological polar surface area (TPSA) is 23.0 Å². The Labute approximate surface area is 287 Å². The molecule has 3 heterocycles. The van der Waals surface area contributed by atoms with E-state index in [0.717, 1.165) is 50.1 Å². The summed E-state index contributed by atoms with van der Waals surface area (Å²) in [6, 6.07) is 48.6. The average Bonchev–Trinajstić information content (AvgIpc) is 3.74. The van der Waals surface area contributed by atoms with E-state index in [2.05, 4.69) is 184 Å².